The summed E-state index contributed by atoms with van der Waals surface area (Å²) in [6.45, 7) is 0.106. The minimum atomic E-state index is -0.864. The molecule has 3 aromatic carbocycles. The molecule has 3 rings (SSSR count). The molecular weight excluding hydrogens is 385 g/mol. The highest BCUT2D eigenvalue weighted by molar-refractivity contribution is 6.36. The van der Waals surface area contributed by atoms with Crippen molar-refractivity contribution >= 4 is 52.0 Å². The zero-order valence-electron chi connectivity index (χ0n) is 14.1. The molecule has 0 unspecified atom stereocenters. The minimum Gasteiger partial charge on any atom is -0.344 e. The van der Waals surface area contributed by atoms with Crippen LogP contribution in [0, 0.1) is 0 Å². The number of fused-ring (bicyclic) bond motifs is 1. The van der Waals surface area contributed by atoms with Gasteiger partial charge in [0.15, 0.2) is 0 Å². The van der Waals surface area contributed by atoms with Gasteiger partial charge in [0.2, 0.25) is 0 Å². The first-order chi connectivity index (χ1) is 13.0. The largest absolute Gasteiger partial charge is 0.344 e. The zero-order chi connectivity index (χ0) is 19.2. The Hall–Kier alpha value is -2.89. The van der Waals surface area contributed by atoms with Gasteiger partial charge in [0, 0.05) is 22.2 Å². The molecule has 0 spiro atoms. The van der Waals surface area contributed by atoms with Crippen molar-refractivity contribution in [3.05, 3.63) is 81.8 Å². The van der Waals surface area contributed by atoms with Gasteiger partial charge in [0.1, 0.15) is 0 Å². The highest BCUT2D eigenvalue weighted by atomic mass is 35.5. The van der Waals surface area contributed by atoms with Gasteiger partial charge in [-0.1, -0.05) is 71.7 Å². The third-order valence-corrected chi connectivity index (χ3v) is 4.44. The van der Waals surface area contributed by atoms with Crippen LogP contribution in [0.3, 0.4) is 0 Å². The van der Waals surface area contributed by atoms with Crippen LogP contribution < -0.4 is 10.7 Å². The Labute approximate surface area is 166 Å². The molecule has 3 aromatic rings. The molecule has 7 heteroatoms. The van der Waals surface area contributed by atoms with Crippen molar-refractivity contribution < 1.29 is 9.59 Å². The van der Waals surface area contributed by atoms with Gasteiger partial charge < -0.3 is 5.32 Å². The smallest absolute Gasteiger partial charge is 0.329 e. The molecule has 0 aliphatic heterocycles. The van der Waals surface area contributed by atoms with Gasteiger partial charge in [0.25, 0.3) is 0 Å². The van der Waals surface area contributed by atoms with Crippen molar-refractivity contribution in [3.63, 3.8) is 0 Å². The second kappa shape index (κ2) is 8.66. The van der Waals surface area contributed by atoms with Crippen molar-refractivity contribution in [2.45, 2.75) is 6.54 Å². The molecule has 0 aliphatic carbocycles. The van der Waals surface area contributed by atoms with Gasteiger partial charge in [-0.3, -0.25) is 9.59 Å². The van der Waals surface area contributed by atoms with Crippen molar-refractivity contribution in [2.24, 2.45) is 5.10 Å². The molecule has 0 bridgehead atoms. The Bertz CT molecular complexity index is 1030. The van der Waals surface area contributed by atoms with E-state index in [4.69, 9.17) is 23.2 Å². The van der Waals surface area contributed by atoms with E-state index in [-0.39, 0.29) is 6.54 Å². The first-order valence-electron chi connectivity index (χ1n) is 8.07. The van der Waals surface area contributed by atoms with Crippen LogP contribution in [0.1, 0.15) is 11.1 Å². The average Bonchev–Trinajstić information content (AvgIpc) is 2.67. The van der Waals surface area contributed by atoms with Crippen molar-refractivity contribution in [1.29, 1.82) is 0 Å². The molecular formula is C20H15Cl2N3O2. The van der Waals surface area contributed by atoms with Gasteiger partial charge >= 0.3 is 11.8 Å². The maximum atomic E-state index is 11.9. The number of hydrogen-bond donors (Lipinski definition) is 2. The third-order valence-electron chi connectivity index (χ3n) is 3.85. The fourth-order valence-electron chi connectivity index (χ4n) is 2.50. The maximum Gasteiger partial charge on any atom is 0.329 e. The summed E-state index contributed by atoms with van der Waals surface area (Å²) in [5, 5.41) is 9.32. The summed E-state index contributed by atoms with van der Waals surface area (Å²) >= 11 is 11.9. The standard InChI is InChI=1S/C20H15Cl2N3O2/c21-16-9-8-15(18(22)10-16)11-23-19(26)20(27)25-24-12-14-6-3-5-13-4-1-2-7-17(13)14/h1-10,12H,11H2,(H,23,26)(H,25,27)/b24-12+. The van der Waals surface area contributed by atoms with Crippen LogP contribution in [0.25, 0.3) is 10.8 Å². The SMILES string of the molecule is O=C(NCc1ccc(Cl)cc1Cl)C(=O)N/N=C/c1cccc2ccccc12. The predicted molar refractivity (Wildman–Crippen MR) is 108 cm³/mol. The number of halogens is 2. The number of benzene rings is 3. The van der Waals surface area contributed by atoms with E-state index < -0.39 is 11.8 Å². The van der Waals surface area contributed by atoms with Crippen molar-refractivity contribution in [3.8, 4) is 0 Å². The fraction of sp³-hybridized carbons (Fsp3) is 0.0500. The molecule has 0 saturated heterocycles. The second-order valence-electron chi connectivity index (χ2n) is 5.69. The fourth-order valence-corrected chi connectivity index (χ4v) is 2.97. The predicted octanol–water partition coefficient (Wildman–Crippen LogP) is 3.91. The van der Waals surface area contributed by atoms with E-state index in [2.05, 4.69) is 15.8 Å². The zero-order valence-corrected chi connectivity index (χ0v) is 15.6. The van der Waals surface area contributed by atoms with Crippen LogP contribution in [-0.4, -0.2) is 18.0 Å². The third kappa shape index (κ3) is 4.84. The molecule has 0 atom stereocenters. The Morgan fingerprint density at radius 3 is 2.56 bits per heavy atom. The number of carbonyl (C=O) groups excluding carboxylic acids is 2. The molecule has 5 nitrogen and oxygen atoms in total. The van der Waals surface area contributed by atoms with Crippen molar-refractivity contribution in [1.82, 2.24) is 10.7 Å². The Kier molecular flexibility index (Phi) is 6.06. The van der Waals surface area contributed by atoms with Gasteiger partial charge in [0.05, 0.1) is 6.21 Å². The van der Waals surface area contributed by atoms with Gasteiger partial charge in [-0.05, 0) is 28.5 Å². The van der Waals surface area contributed by atoms with E-state index >= 15 is 0 Å². The second-order valence-corrected chi connectivity index (χ2v) is 6.53. The lowest BCUT2D eigenvalue weighted by molar-refractivity contribution is -0.139. The van der Waals surface area contributed by atoms with E-state index in [1.807, 2.05) is 42.5 Å². The van der Waals surface area contributed by atoms with E-state index in [0.29, 0.717) is 15.6 Å². The molecule has 0 heterocycles. The van der Waals surface area contributed by atoms with Crippen LogP contribution in [0.5, 0.6) is 0 Å². The molecule has 0 saturated carbocycles. The average molecular weight is 400 g/mol. The number of nitrogens with one attached hydrogen (secondary N) is 2. The summed E-state index contributed by atoms with van der Waals surface area (Å²) in [7, 11) is 0. The number of rotatable bonds is 4. The molecule has 27 heavy (non-hydrogen) atoms. The van der Waals surface area contributed by atoms with Crippen LogP contribution in [0.2, 0.25) is 10.0 Å². The number of nitrogens with zero attached hydrogens (tertiary/aromatic N) is 1. The van der Waals surface area contributed by atoms with E-state index in [9.17, 15) is 9.59 Å². The Balaban J connectivity index is 1.58. The maximum absolute atomic E-state index is 11.9. The van der Waals surface area contributed by atoms with E-state index in [1.54, 1.807) is 18.2 Å². The Morgan fingerprint density at radius 2 is 1.74 bits per heavy atom. The molecule has 0 radical (unpaired) electrons. The topological polar surface area (TPSA) is 70.6 Å². The molecule has 2 amide bonds. The number of hydrazone groups is 1. The first kappa shape index (κ1) is 18.9. The minimum absolute atomic E-state index is 0.106. The molecule has 0 aromatic heterocycles. The quantitative estimate of drug-likeness (QED) is 0.396. The number of hydrogen-bond acceptors (Lipinski definition) is 3. The Morgan fingerprint density at radius 1 is 0.963 bits per heavy atom. The van der Waals surface area contributed by atoms with Crippen LogP contribution in [-0.2, 0) is 16.1 Å². The van der Waals surface area contributed by atoms with E-state index in [1.165, 1.54) is 6.21 Å². The van der Waals surface area contributed by atoms with Crippen LogP contribution >= 0.6 is 23.2 Å². The summed E-state index contributed by atoms with van der Waals surface area (Å²) < 4.78 is 0. The van der Waals surface area contributed by atoms with Gasteiger partial charge in [-0.15, -0.1) is 0 Å². The number of carbonyl (C=O) groups is 2. The lowest BCUT2D eigenvalue weighted by atomic mass is 10.1. The van der Waals surface area contributed by atoms with Gasteiger partial charge in [-0.2, -0.15) is 5.10 Å². The molecule has 0 fully saturated rings. The lowest BCUT2D eigenvalue weighted by Gasteiger charge is -2.06. The summed E-state index contributed by atoms with van der Waals surface area (Å²) in [5.41, 5.74) is 3.71. The van der Waals surface area contributed by atoms with E-state index in [0.717, 1.165) is 16.3 Å². The normalized spacial score (nSPS) is 10.9. The molecule has 2 N–H and O–H groups in total. The van der Waals surface area contributed by atoms with Gasteiger partial charge in [-0.25, -0.2) is 5.43 Å². The summed E-state index contributed by atoms with van der Waals surface area (Å²) in [5.74, 6) is -1.67. The monoisotopic (exact) mass is 399 g/mol. The summed E-state index contributed by atoms with van der Waals surface area (Å²) in [6.07, 6.45) is 1.50. The van der Waals surface area contributed by atoms with Crippen LogP contribution in [0.4, 0.5) is 0 Å². The van der Waals surface area contributed by atoms with Crippen molar-refractivity contribution in [2.75, 3.05) is 0 Å². The first-order valence-corrected chi connectivity index (χ1v) is 8.83. The number of amides is 2. The highest BCUT2D eigenvalue weighted by Crippen LogP contribution is 2.20. The molecule has 0 aliphatic rings. The molecule has 136 valence electrons. The lowest BCUT2D eigenvalue weighted by Crippen LogP contribution is -2.37. The summed E-state index contributed by atoms with van der Waals surface area (Å²) in [6, 6.07) is 18.5. The highest BCUT2D eigenvalue weighted by Gasteiger charge is 2.13. The summed E-state index contributed by atoms with van der Waals surface area (Å²) in [4.78, 5) is 23.7. The van der Waals surface area contributed by atoms with Crippen LogP contribution in [0.15, 0.2) is 65.8 Å².